The molecule has 0 N–H and O–H groups in total. The van der Waals surface area contributed by atoms with Gasteiger partial charge in [-0.2, -0.15) is 0 Å². The minimum Gasteiger partial charge on any atom is -0.256 e. The third kappa shape index (κ3) is 1.07. The van der Waals surface area contributed by atoms with E-state index in [1.807, 2.05) is 12.3 Å². The van der Waals surface area contributed by atoms with Crippen molar-refractivity contribution < 1.29 is 0 Å². The molecule has 0 atom stereocenters. The summed E-state index contributed by atoms with van der Waals surface area (Å²) in [5.74, 6) is 0. The monoisotopic (exact) mass is 157 g/mol. The molecule has 1 nitrogen and oxygen atoms in total. The summed E-state index contributed by atoms with van der Waals surface area (Å²) < 4.78 is 0. The molecular formula is C11H11N. The van der Waals surface area contributed by atoms with E-state index >= 15 is 0 Å². The summed E-state index contributed by atoms with van der Waals surface area (Å²) in [4.78, 5) is 4.28. The van der Waals surface area contributed by atoms with Gasteiger partial charge in [-0.15, -0.1) is 0 Å². The van der Waals surface area contributed by atoms with Crippen molar-refractivity contribution in [1.29, 1.82) is 0 Å². The molecule has 0 bridgehead atoms. The zero-order valence-corrected chi connectivity index (χ0v) is 7.33. The van der Waals surface area contributed by atoms with Gasteiger partial charge in [0.15, 0.2) is 0 Å². The first kappa shape index (κ1) is 7.29. The molecule has 0 spiro atoms. The number of fused-ring (bicyclic) bond motifs is 1. The summed E-state index contributed by atoms with van der Waals surface area (Å²) in [6, 6.07) is 8.38. The largest absolute Gasteiger partial charge is 0.256 e. The van der Waals surface area contributed by atoms with Gasteiger partial charge in [-0.25, -0.2) is 0 Å². The van der Waals surface area contributed by atoms with Gasteiger partial charge in [-0.1, -0.05) is 11.6 Å². The van der Waals surface area contributed by atoms with Crippen LogP contribution in [0.5, 0.6) is 0 Å². The molecule has 2 rings (SSSR count). The van der Waals surface area contributed by atoms with Gasteiger partial charge in [0.05, 0.1) is 5.52 Å². The zero-order valence-electron chi connectivity index (χ0n) is 7.33. The molecule has 0 amide bonds. The van der Waals surface area contributed by atoms with E-state index in [0.717, 1.165) is 5.52 Å². The Kier molecular flexibility index (Phi) is 1.58. The Hall–Kier alpha value is -1.37. The van der Waals surface area contributed by atoms with Crippen LogP contribution < -0.4 is 0 Å². The molecule has 2 aromatic rings. The minimum atomic E-state index is 1.08. The molecule has 0 aliphatic carbocycles. The molecule has 0 unspecified atom stereocenters. The van der Waals surface area contributed by atoms with Gasteiger partial charge in [0.1, 0.15) is 0 Å². The first-order valence-electron chi connectivity index (χ1n) is 4.09. The number of pyridine rings is 1. The average Bonchev–Trinajstić information content (AvgIpc) is 2.07. The highest BCUT2D eigenvalue weighted by Crippen LogP contribution is 2.16. The molecule has 1 heterocycles. The lowest BCUT2D eigenvalue weighted by atomic mass is 10.1. The van der Waals surface area contributed by atoms with Crippen molar-refractivity contribution in [2.75, 3.05) is 0 Å². The number of hydrogen-bond donors (Lipinski definition) is 0. The maximum atomic E-state index is 4.28. The van der Waals surface area contributed by atoms with Crippen molar-refractivity contribution in [1.82, 2.24) is 4.98 Å². The Bertz CT molecular complexity index is 418. The highest BCUT2D eigenvalue weighted by atomic mass is 14.6. The summed E-state index contributed by atoms with van der Waals surface area (Å²) in [6.45, 7) is 4.22. The van der Waals surface area contributed by atoms with Gasteiger partial charge < -0.3 is 0 Å². The summed E-state index contributed by atoms with van der Waals surface area (Å²) in [5, 5.41) is 1.26. The Morgan fingerprint density at radius 2 is 1.92 bits per heavy atom. The second-order valence-corrected chi connectivity index (χ2v) is 3.15. The summed E-state index contributed by atoms with van der Waals surface area (Å²) in [5.41, 5.74) is 3.67. The number of aromatic nitrogens is 1. The molecule has 0 saturated heterocycles. The van der Waals surface area contributed by atoms with E-state index in [2.05, 4.69) is 37.0 Å². The molecule has 1 aromatic carbocycles. The summed E-state index contributed by atoms with van der Waals surface area (Å²) >= 11 is 0. The van der Waals surface area contributed by atoms with Crippen LogP contribution in [-0.4, -0.2) is 4.98 Å². The zero-order chi connectivity index (χ0) is 8.55. The standard InChI is InChI=1S/C11H11N/c1-8-3-4-11-10(7-8)9(2)5-6-12-11/h3-7H,1-2H3. The van der Waals surface area contributed by atoms with E-state index in [1.54, 1.807) is 0 Å². The SMILES string of the molecule is Cc1ccc2nccc(C)c2c1. The molecule has 1 aromatic heterocycles. The smallest absolute Gasteiger partial charge is 0.0704 e. The lowest BCUT2D eigenvalue weighted by Crippen LogP contribution is -1.82. The van der Waals surface area contributed by atoms with Crippen LogP contribution in [0.25, 0.3) is 10.9 Å². The number of nitrogens with zero attached hydrogens (tertiary/aromatic N) is 1. The number of rotatable bonds is 0. The molecule has 0 saturated carbocycles. The van der Waals surface area contributed by atoms with Gasteiger partial charge in [0, 0.05) is 11.6 Å². The van der Waals surface area contributed by atoms with Crippen molar-refractivity contribution in [3.8, 4) is 0 Å². The fourth-order valence-corrected chi connectivity index (χ4v) is 1.40. The van der Waals surface area contributed by atoms with Crippen molar-refractivity contribution in [3.63, 3.8) is 0 Å². The molecular weight excluding hydrogens is 146 g/mol. The van der Waals surface area contributed by atoms with Crippen LogP contribution in [0.15, 0.2) is 30.5 Å². The van der Waals surface area contributed by atoms with Crippen LogP contribution in [0.2, 0.25) is 0 Å². The lowest BCUT2D eigenvalue weighted by molar-refractivity contribution is 1.35. The topological polar surface area (TPSA) is 12.9 Å². The molecule has 0 radical (unpaired) electrons. The van der Waals surface area contributed by atoms with Crippen LogP contribution >= 0.6 is 0 Å². The Balaban J connectivity index is 2.88. The van der Waals surface area contributed by atoms with Crippen molar-refractivity contribution in [2.45, 2.75) is 13.8 Å². The number of aryl methyl sites for hydroxylation is 2. The van der Waals surface area contributed by atoms with Crippen molar-refractivity contribution >= 4 is 10.9 Å². The molecule has 0 aliphatic rings. The highest BCUT2D eigenvalue weighted by Gasteiger charge is 1.96. The van der Waals surface area contributed by atoms with Gasteiger partial charge in [0.2, 0.25) is 0 Å². The quantitative estimate of drug-likeness (QED) is 0.573. The molecule has 1 heteroatoms. The van der Waals surface area contributed by atoms with Crippen LogP contribution in [0.3, 0.4) is 0 Å². The summed E-state index contributed by atoms with van der Waals surface area (Å²) in [6.07, 6.45) is 1.85. The normalized spacial score (nSPS) is 10.5. The fourth-order valence-electron chi connectivity index (χ4n) is 1.40. The fraction of sp³-hybridized carbons (Fsp3) is 0.182. The van der Waals surface area contributed by atoms with Crippen LogP contribution in [-0.2, 0) is 0 Å². The second-order valence-electron chi connectivity index (χ2n) is 3.15. The van der Waals surface area contributed by atoms with Gasteiger partial charge in [-0.3, -0.25) is 4.98 Å². The Morgan fingerprint density at radius 3 is 2.75 bits per heavy atom. The van der Waals surface area contributed by atoms with E-state index in [0.29, 0.717) is 0 Å². The minimum absolute atomic E-state index is 1.08. The first-order valence-corrected chi connectivity index (χ1v) is 4.09. The summed E-state index contributed by atoms with van der Waals surface area (Å²) in [7, 11) is 0. The number of benzene rings is 1. The lowest BCUT2D eigenvalue weighted by Gasteiger charge is -2.00. The molecule has 12 heavy (non-hydrogen) atoms. The second kappa shape index (κ2) is 2.59. The Morgan fingerprint density at radius 1 is 1.08 bits per heavy atom. The molecule has 0 fully saturated rings. The molecule has 0 aliphatic heterocycles. The molecule has 60 valence electrons. The predicted molar refractivity (Wildman–Crippen MR) is 51.2 cm³/mol. The third-order valence-corrected chi connectivity index (χ3v) is 2.12. The Labute approximate surface area is 72.1 Å². The number of hydrogen-bond acceptors (Lipinski definition) is 1. The van der Waals surface area contributed by atoms with Crippen LogP contribution in [0, 0.1) is 13.8 Å². The van der Waals surface area contributed by atoms with E-state index < -0.39 is 0 Å². The van der Waals surface area contributed by atoms with E-state index in [9.17, 15) is 0 Å². The van der Waals surface area contributed by atoms with E-state index in [4.69, 9.17) is 0 Å². The van der Waals surface area contributed by atoms with E-state index in [-0.39, 0.29) is 0 Å². The van der Waals surface area contributed by atoms with E-state index in [1.165, 1.54) is 16.5 Å². The van der Waals surface area contributed by atoms with Gasteiger partial charge in [0.25, 0.3) is 0 Å². The van der Waals surface area contributed by atoms with Crippen LogP contribution in [0.1, 0.15) is 11.1 Å². The average molecular weight is 157 g/mol. The highest BCUT2D eigenvalue weighted by molar-refractivity contribution is 5.82. The first-order chi connectivity index (χ1) is 5.77. The van der Waals surface area contributed by atoms with Crippen molar-refractivity contribution in [3.05, 3.63) is 41.6 Å². The van der Waals surface area contributed by atoms with Crippen LogP contribution in [0.4, 0.5) is 0 Å². The van der Waals surface area contributed by atoms with Gasteiger partial charge in [-0.05, 0) is 37.6 Å². The third-order valence-electron chi connectivity index (χ3n) is 2.12. The maximum Gasteiger partial charge on any atom is 0.0704 e. The van der Waals surface area contributed by atoms with Gasteiger partial charge >= 0.3 is 0 Å². The predicted octanol–water partition coefficient (Wildman–Crippen LogP) is 2.85. The van der Waals surface area contributed by atoms with Crippen molar-refractivity contribution in [2.24, 2.45) is 0 Å². The maximum absolute atomic E-state index is 4.28.